The Balaban J connectivity index is 1.71. The maximum absolute atomic E-state index is 13.2. The third kappa shape index (κ3) is 7.71. The molecule has 3 aromatic rings. The summed E-state index contributed by atoms with van der Waals surface area (Å²) >= 11 is 0. The number of nitrogens with zero attached hydrogens (tertiary/aromatic N) is 1. The molecule has 0 radical (unpaired) electrons. The highest BCUT2D eigenvalue weighted by Gasteiger charge is 2.43. The van der Waals surface area contributed by atoms with Gasteiger partial charge in [-0.2, -0.15) is 0 Å². The Morgan fingerprint density at radius 1 is 0.816 bits per heavy atom. The minimum absolute atomic E-state index is 0.0742. The molecule has 9 nitrogen and oxygen atoms in total. The van der Waals surface area contributed by atoms with Gasteiger partial charge in [0.25, 0.3) is 10.9 Å². The molecule has 0 heterocycles. The molecule has 10 heteroatoms. The average molecular weight is 536 g/mol. The molecule has 0 fully saturated rings. The number of hydrogen-bond acceptors (Lipinski definition) is 8. The van der Waals surface area contributed by atoms with Crippen molar-refractivity contribution in [1.29, 1.82) is 0 Å². The predicted octanol–water partition coefficient (Wildman–Crippen LogP) is 4.56. The molecule has 196 valence electrons. The van der Waals surface area contributed by atoms with Crippen LogP contribution in [0.5, 0.6) is 0 Å². The van der Waals surface area contributed by atoms with Gasteiger partial charge in [0.2, 0.25) is 9.84 Å². The summed E-state index contributed by atoms with van der Waals surface area (Å²) in [4.78, 5) is 35.7. The first kappa shape index (κ1) is 28.0. The topological polar surface area (TPSA) is 130 Å². The van der Waals surface area contributed by atoms with Gasteiger partial charge in [0, 0.05) is 12.1 Å². The summed E-state index contributed by atoms with van der Waals surface area (Å²) < 4.78 is 36.6. The molecular formula is C28H25NO8S. The quantitative estimate of drug-likeness (QED) is 0.151. The number of aryl methyl sites for hydroxylation is 1. The first-order chi connectivity index (χ1) is 18.2. The first-order valence-electron chi connectivity index (χ1n) is 11.4. The van der Waals surface area contributed by atoms with Crippen molar-refractivity contribution in [3.63, 3.8) is 0 Å². The number of carbonyl (C=O) groups excluding carboxylic acids is 2. The van der Waals surface area contributed by atoms with Gasteiger partial charge in [0.05, 0.1) is 9.82 Å². The fourth-order valence-corrected chi connectivity index (χ4v) is 4.70. The van der Waals surface area contributed by atoms with Crippen molar-refractivity contribution in [2.24, 2.45) is 0 Å². The number of benzene rings is 3. The van der Waals surface area contributed by atoms with Crippen molar-refractivity contribution in [1.82, 2.24) is 0 Å². The van der Waals surface area contributed by atoms with E-state index in [-0.39, 0.29) is 23.8 Å². The van der Waals surface area contributed by atoms with E-state index in [2.05, 4.69) is 0 Å². The number of ether oxygens (including phenoxy) is 2. The van der Waals surface area contributed by atoms with Crippen LogP contribution in [0, 0.1) is 17.0 Å². The number of non-ortho nitro benzene ring substituents is 1. The molecule has 0 aliphatic rings. The van der Waals surface area contributed by atoms with E-state index in [9.17, 15) is 28.1 Å². The van der Waals surface area contributed by atoms with Gasteiger partial charge in [0.1, 0.15) is 13.2 Å². The molecule has 0 saturated heterocycles. The number of sulfone groups is 1. The molecule has 0 spiro atoms. The number of rotatable bonds is 11. The van der Waals surface area contributed by atoms with Crippen molar-refractivity contribution in [3.8, 4) is 0 Å². The van der Waals surface area contributed by atoms with E-state index in [0.717, 1.165) is 11.1 Å². The van der Waals surface area contributed by atoms with Crippen LogP contribution in [-0.2, 0) is 28.9 Å². The Bertz CT molecular complexity index is 1430. The highest BCUT2D eigenvalue weighted by Crippen LogP contribution is 2.20. The van der Waals surface area contributed by atoms with Crippen LogP contribution in [0.1, 0.15) is 16.7 Å². The molecule has 1 unspecified atom stereocenters. The largest absolute Gasteiger partial charge is 0.460 e. The fraction of sp³-hybridized carbons (Fsp3) is 0.143. The summed E-state index contributed by atoms with van der Waals surface area (Å²) in [6.45, 7) is 1.19. The van der Waals surface area contributed by atoms with Gasteiger partial charge in [-0.1, -0.05) is 60.2 Å². The van der Waals surface area contributed by atoms with E-state index in [1.165, 1.54) is 54.6 Å². The molecule has 0 saturated carbocycles. The minimum Gasteiger partial charge on any atom is -0.460 e. The minimum atomic E-state index is -4.47. The summed E-state index contributed by atoms with van der Waals surface area (Å²) in [5, 5.41) is 8.53. The average Bonchev–Trinajstić information content (AvgIpc) is 2.90. The third-order valence-electron chi connectivity index (χ3n) is 5.26. The summed E-state index contributed by atoms with van der Waals surface area (Å²) in [5.41, 5.74) is 2.18. The lowest BCUT2D eigenvalue weighted by molar-refractivity contribution is -0.384. The monoisotopic (exact) mass is 535 g/mol. The number of nitro benzene ring substituents is 1. The van der Waals surface area contributed by atoms with E-state index in [4.69, 9.17) is 9.47 Å². The van der Waals surface area contributed by atoms with Crippen LogP contribution >= 0.6 is 0 Å². The van der Waals surface area contributed by atoms with Crippen LogP contribution in [0.2, 0.25) is 0 Å². The molecule has 3 aromatic carbocycles. The summed E-state index contributed by atoms with van der Waals surface area (Å²) in [6, 6.07) is 20.6. The zero-order valence-corrected chi connectivity index (χ0v) is 21.2. The molecule has 0 aromatic heterocycles. The SMILES string of the molecule is Cc1ccc(S(=O)(=O)C(C(=O)OC/C=C/c2ccccc2)C(=O)OC/C=C/c2ccc([N+](=O)[O-])cc2)cc1. The zero-order valence-electron chi connectivity index (χ0n) is 20.4. The Labute approximate surface area is 220 Å². The Morgan fingerprint density at radius 2 is 1.32 bits per heavy atom. The second-order valence-corrected chi connectivity index (χ2v) is 10.1. The van der Waals surface area contributed by atoms with Gasteiger partial charge in [-0.25, -0.2) is 18.0 Å². The van der Waals surface area contributed by atoms with Crippen LogP contribution in [0.15, 0.2) is 95.9 Å². The van der Waals surface area contributed by atoms with Gasteiger partial charge < -0.3 is 9.47 Å². The van der Waals surface area contributed by atoms with Crippen molar-refractivity contribution in [2.75, 3.05) is 13.2 Å². The van der Waals surface area contributed by atoms with Gasteiger partial charge in [-0.15, -0.1) is 0 Å². The Hall–Kier alpha value is -4.57. The van der Waals surface area contributed by atoms with E-state index in [1.807, 2.05) is 30.3 Å². The van der Waals surface area contributed by atoms with Crippen molar-refractivity contribution < 1.29 is 32.4 Å². The lowest BCUT2D eigenvalue weighted by atomic mass is 10.2. The lowest BCUT2D eigenvalue weighted by Gasteiger charge is -2.15. The van der Waals surface area contributed by atoms with E-state index in [0.29, 0.717) is 5.56 Å². The van der Waals surface area contributed by atoms with E-state index in [1.54, 1.807) is 25.1 Å². The van der Waals surface area contributed by atoms with Crippen LogP contribution < -0.4 is 0 Å². The highest BCUT2D eigenvalue weighted by molar-refractivity contribution is 7.93. The first-order valence-corrected chi connectivity index (χ1v) is 13.0. The second kappa shape index (κ2) is 13.1. The Morgan fingerprint density at radius 3 is 1.82 bits per heavy atom. The van der Waals surface area contributed by atoms with Gasteiger partial charge in [0.15, 0.2) is 0 Å². The van der Waals surface area contributed by atoms with Gasteiger partial charge >= 0.3 is 11.9 Å². The van der Waals surface area contributed by atoms with Gasteiger partial charge in [-0.3, -0.25) is 10.1 Å². The summed E-state index contributed by atoms with van der Waals surface area (Å²) in [7, 11) is -4.47. The second-order valence-electron chi connectivity index (χ2n) is 8.06. The fourth-order valence-electron chi connectivity index (χ4n) is 3.27. The van der Waals surface area contributed by atoms with Crippen molar-refractivity contribution in [2.45, 2.75) is 17.1 Å². The molecule has 1 atom stereocenters. The Kier molecular flexibility index (Phi) is 9.66. The molecule has 0 aliphatic carbocycles. The molecule has 3 rings (SSSR count). The van der Waals surface area contributed by atoms with Crippen LogP contribution in [-0.4, -0.2) is 43.7 Å². The number of carbonyl (C=O) groups is 2. The molecule has 0 N–H and O–H groups in total. The summed E-state index contributed by atoms with van der Waals surface area (Å²) in [6.07, 6.45) is 6.18. The highest BCUT2D eigenvalue weighted by atomic mass is 32.2. The smallest absolute Gasteiger partial charge is 0.336 e. The lowest BCUT2D eigenvalue weighted by Crippen LogP contribution is -2.40. The standard InChI is InChI=1S/C28H25NO8S/c1-21-11-17-25(18-12-21)38(34,35)26(27(30)36-19-5-9-22-7-3-2-4-8-22)28(31)37-20-6-10-23-13-15-24(16-14-23)29(32)33/h2-18,26H,19-20H2,1H3/b9-5+,10-6+. The van der Waals surface area contributed by atoms with Crippen LogP contribution in [0.4, 0.5) is 5.69 Å². The normalized spacial score (nSPS) is 12.3. The van der Waals surface area contributed by atoms with E-state index < -0.39 is 31.9 Å². The number of nitro groups is 1. The van der Waals surface area contributed by atoms with Crippen LogP contribution in [0.3, 0.4) is 0 Å². The molecule has 0 bridgehead atoms. The molecule has 0 amide bonds. The zero-order chi connectivity index (χ0) is 27.5. The van der Waals surface area contributed by atoms with Crippen LogP contribution in [0.25, 0.3) is 12.2 Å². The maximum atomic E-state index is 13.2. The molecular weight excluding hydrogens is 510 g/mol. The van der Waals surface area contributed by atoms with Crippen molar-refractivity contribution >= 4 is 39.6 Å². The summed E-state index contributed by atoms with van der Waals surface area (Å²) in [5.74, 6) is -2.54. The van der Waals surface area contributed by atoms with Gasteiger partial charge in [-0.05, 0) is 54.5 Å². The maximum Gasteiger partial charge on any atom is 0.336 e. The predicted molar refractivity (Wildman–Crippen MR) is 142 cm³/mol. The third-order valence-corrected chi connectivity index (χ3v) is 7.19. The van der Waals surface area contributed by atoms with E-state index >= 15 is 0 Å². The number of hydrogen-bond donors (Lipinski definition) is 0. The molecule has 38 heavy (non-hydrogen) atoms. The number of esters is 2. The molecule has 0 aliphatic heterocycles. The van der Waals surface area contributed by atoms with Crippen molar-refractivity contribution in [3.05, 3.63) is 118 Å².